The van der Waals surface area contributed by atoms with Gasteiger partial charge in [-0.15, -0.1) is 0 Å². The summed E-state index contributed by atoms with van der Waals surface area (Å²) >= 11 is 0. The fourth-order valence-corrected chi connectivity index (χ4v) is 3.92. The summed E-state index contributed by atoms with van der Waals surface area (Å²) in [6, 6.07) is 0.136. The van der Waals surface area contributed by atoms with Crippen LogP contribution in [0.15, 0.2) is 11.4 Å². The summed E-state index contributed by atoms with van der Waals surface area (Å²) in [6.45, 7) is 1.75. The highest BCUT2D eigenvalue weighted by Crippen LogP contribution is 2.28. The number of nitrogens with one attached hydrogen (secondary N) is 2. The Morgan fingerprint density at radius 1 is 1.12 bits per heavy atom. The van der Waals surface area contributed by atoms with E-state index in [1.807, 2.05) is 0 Å². The van der Waals surface area contributed by atoms with Crippen molar-refractivity contribution in [3.05, 3.63) is 17.6 Å². The number of fused-ring (bicyclic) bond motifs is 1. The molecule has 0 aromatic carbocycles. The topological polar surface area (TPSA) is 99.6 Å². The lowest BCUT2D eigenvalue weighted by molar-refractivity contribution is -0.121. The Labute approximate surface area is 152 Å². The molecule has 0 saturated carbocycles. The van der Waals surface area contributed by atoms with Crippen molar-refractivity contribution in [1.29, 1.82) is 0 Å². The average molecular weight is 356 g/mol. The molecule has 0 bridgehead atoms. The van der Waals surface area contributed by atoms with Crippen LogP contribution in [0.3, 0.4) is 0 Å². The van der Waals surface area contributed by atoms with Crippen molar-refractivity contribution in [3.8, 4) is 0 Å². The van der Waals surface area contributed by atoms with Gasteiger partial charge in [0.15, 0.2) is 0 Å². The van der Waals surface area contributed by atoms with E-state index in [0.717, 1.165) is 44.6 Å². The van der Waals surface area contributed by atoms with Gasteiger partial charge in [-0.1, -0.05) is 0 Å². The summed E-state index contributed by atoms with van der Waals surface area (Å²) in [5.41, 5.74) is 5.30. The minimum atomic E-state index is -0.164. The number of aryl methyl sites for hydroxylation is 1. The van der Waals surface area contributed by atoms with Crippen molar-refractivity contribution in [2.45, 2.75) is 57.4 Å². The minimum absolute atomic E-state index is 0.136. The Bertz CT molecular complexity index is 739. The molecule has 1 aliphatic carbocycles. The monoisotopic (exact) mass is 356 g/mol. The van der Waals surface area contributed by atoms with Crippen molar-refractivity contribution in [2.24, 2.45) is 5.10 Å². The number of carbonyl (C=O) groups is 2. The summed E-state index contributed by atoms with van der Waals surface area (Å²) in [7, 11) is 0. The molecule has 0 radical (unpaired) electrons. The highest BCUT2D eigenvalue weighted by molar-refractivity contribution is 6.39. The largest absolute Gasteiger partial charge is 0.356 e. The second-order valence-electron chi connectivity index (χ2n) is 7.16. The van der Waals surface area contributed by atoms with Crippen molar-refractivity contribution in [3.63, 3.8) is 0 Å². The van der Waals surface area contributed by atoms with Crippen molar-refractivity contribution in [2.75, 3.05) is 18.0 Å². The maximum atomic E-state index is 12.3. The van der Waals surface area contributed by atoms with Crippen LogP contribution < -0.4 is 15.6 Å². The predicted molar refractivity (Wildman–Crippen MR) is 96.9 cm³/mol. The highest BCUT2D eigenvalue weighted by atomic mass is 16.2. The van der Waals surface area contributed by atoms with Gasteiger partial charge in [-0.05, 0) is 38.5 Å². The van der Waals surface area contributed by atoms with Crippen LogP contribution in [-0.2, 0) is 22.4 Å². The van der Waals surface area contributed by atoms with Crippen molar-refractivity contribution in [1.82, 2.24) is 20.7 Å². The number of hydrogen-bond acceptors (Lipinski definition) is 6. The molecule has 2 N–H and O–H groups in total. The zero-order valence-corrected chi connectivity index (χ0v) is 14.8. The third-order valence-electron chi connectivity index (χ3n) is 5.40. The molecule has 8 heteroatoms. The SMILES string of the molecule is O=C1CCC(C(=O)NC2CCN(c3ncnc4c3CCCC4)CC2)=NN1. The van der Waals surface area contributed by atoms with Crippen LogP contribution in [-0.4, -0.2) is 46.6 Å². The lowest BCUT2D eigenvalue weighted by atomic mass is 9.95. The molecular formula is C18H24N6O2. The van der Waals surface area contributed by atoms with Crippen LogP contribution in [0.25, 0.3) is 0 Å². The number of piperidine rings is 1. The molecule has 0 atom stereocenters. The third kappa shape index (κ3) is 3.54. The Morgan fingerprint density at radius 3 is 2.69 bits per heavy atom. The van der Waals surface area contributed by atoms with Gasteiger partial charge >= 0.3 is 0 Å². The zero-order valence-electron chi connectivity index (χ0n) is 14.8. The molecule has 2 aliphatic heterocycles. The van der Waals surface area contributed by atoms with Crippen LogP contribution in [0.5, 0.6) is 0 Å². The summed E-state index contributed by atoms with van der Waals surface area (Å²) in [4.78, 5) is 34.7. The second-order valence-corrected chi connectivity index (χ2v) is 7.16. The molecule has 138 valence electrons. The number of anilines is 1. The van der Waals surface area contributed by atoms with Gasteiger partial charge in [0.25, 0.3) is 5.91 Å². The molecule has 0 unspecified atom stereocenters. The maximum Gasteiger partial charge on any atom is 0.267 e. The minimum Gasteiger partial charge on any atom is -0.356 e. The Balaban J connectivity index is 1.35. The van der Waals surface area contributed by atoms with Crippen LogP contribution >= 0.6 is 0 Å². The first-order valence-corrected chi connectivity index (χ1v) is 9.44. The summed E-state index contributed by atoms with van der Waals surface area (Å²) in [6.07, 6.45) is 8.70. The lowest BCUT2D eigenvalue weighted by Crippen LogP contribution is -2.48. The van der Waals surface area contributed by atoms with Gasteiger partial charge in [0.1, 0.15) is 17.9 Å². The first-order chi connectivity index (χ1) is 12.7. The fourth-order valence-electron chi connectivity index (χ4n) is 3.92. The van der Waals surface area contributed by atoms with Crippen LogP contribution in [0, 0.1) is 0 Å². The number of carbonyl (C=O) groups excluding carboxylic acids is 2. The number of hydrazone groups is 1. The number of rotatable bonds is 3. The molecule has 3 aliphatic rings. The molecular weight excluding hydrogens is 332 g/mol. The van der Waals surface area contributed by atoms with E-state index in [1.54, 1.807) is 6.33 Å². The molecule has 3 heterocycles. The van der Waals surface area contributed by atoms with E-state index >= 15 is 0 Å². The van der Waals surface area contributed by atoms with E-state index in [-0.39, 0.29) is 17.9 Å². The summed E-state index contributed by atoms with van der Waals surface area (Å²) in [5, 5.41) is 6.92. The standard InChI is InChI=1S/C18H24N6O2/c25-16-6-5-15(22-23-16)18(26)21-12-7-9-24(10-8-12)17-13-3-1-2-4-14(13)19-11-20-17/h11-12H,1-10H2,(H,21,26)(H,23,25). The number of nitrogens with zero attached hydrogens (tertiary/aromatic N) is 4. The molecule has 26 heavy (non-hydrogen) atoms. The van der Waals surface area contributed by atoms with E-state index < -0.39 is 0 Å². The number of amides is 2. The van der Waals surface area contributed by atoms with E-state index in [4.69, 9.17) is 0 Å². The van der Waals surface area contributed by atoms with E-state index in [9.17, 15) is 9.59 Å². The normalized spacial score (nSPS) is 20.8. The predicted octanol–water partition coefficient (Wildman–Crippen LogP) is 0.706. The molecule has 0 spiro atoms. The fraction of sp³-hybridized carbons (Fsp3) is 0.611. The van der Waals surface area contributed by atoms with Gasteiger partial charge < -0.3 is 10.2 Å². The van der Waals surface area contributed by atoms with Crippen molar-refractivity contribution < 1.29 is 9.59 Å². The van der Waals surface area contributed by atoms with Gasteiger partial charge in [-0.25, -0.2) is 15.4 Å². The summed E-state index contributed by atoms with van der Waals surface area (Å²) < 4.78 is 0. The molecule has 2 amide bonds. The Kier molecular flexibility index (Phi) is 4.81. The van der Waals surface area contributed by atoms with Gasteiger partial charge in [0, 0.05) is 43.2 Å². The molecule has 4 rings (SSSR count). The zero-order chi connectivity index (χ0) is 17.9. The van der Waals surface area contributed by atoms with Gasteiger partial charge in [-0.3, -0.25) is 9.59 Å². The van der Waals surface area contributed by atoms with Gasteiger partial charge in [0.2, 0.25) is 5.91 Å². The molecule has 1 aromatic heterocycles. The highest BCUT2D eigenvalue weighted by Gasteiger charge is 2.27. The second kappa shape index (κ2) is 7.39. The number of aromatic nitrogens is 2. The molecule has 1 fully saturated rings. The van der Waals surface area contributed by atoms with E-state index in [1.165, 1.54) is 24.1 Å². The van der Waals surface area contributed by atoms with Gasteiger partial charge in [0.05, 0.1) is 0 Å². The Morgan fingerprint density at radius 2 is 1.92 bits per heavy atom. The van der Waals surface area contributed by atoms with Crippen LogP contribution in [0.1, 0.15) is 49.8 Å². The van der Waals surface area contributed by atoms with Crippen molar-refractivity contribution >= 4 is 23.3 Å². The lowest BCUT2D eigenvalue weighted by Gasteiger charge is -2.35. The number of hydrogen-bond donors (Lipinski definition) is 2. The Hall–Kier alpha value is -2.51. The first-order valence-electron chi connectivity index (χ1n) is 9.44. The first kappa shape index (κ1) is 16.9. The maximum absolute atomic E-state index is 12.3. The quantitative estimate of drug-likeness (QED) is 0.831. The summed E-state index contributed by atoms with van der Waals surface area (Å²) in [5.74, 6) is 0.782. The smallest absolute Gasteiger partial charge is 0.267 e. The van der Waals surface area contributed by atoms with E-state index in [0.29, 0.717) is 18.6 Å². The average Bonchev–Trinajstić information content (AvgIpc) is 2.69. The van der Waals surface area contributed by atoms with Gasteiger partial charge in [-0.2, -0.15) is 5.10 Å². The molecule has 8 nitrogen and oxygen atoms in total. The molecule has 1 saturated heterocycles. The van der Waals surface area contributed by atoms with Crippen LogP contribution in [0.4, 0.5) is 5.82 Å². The molecule has 1 aromatic rings. The van der Waals surface area contributed by atoms with E-state index in [2.05, 4.69) is 30.7 Å². The van der Waals surface area contributed by atoms with Crippen LogP contribution in [0.2, 0.25) is 0 Å². The third-order valence-corrected chi connectivity index (χ3v) is 5.40.